The van der Waals surface area contributed by atoms with Crippen molar-refractivity contribution >= 4 is 23.0 Å². The molecule has 3 N–H and O–H groups in total. The van der Waals surface area contributed by atoms with Crippen molar-refractivity contribution in [2.24, 2.45) is 12.8 Å². The van der Waals surface area contributed by atoms with Crippen LogP contribution in [0.4, 0.5) is 5.82 Å². The number of aliphatic hydroxyl groups is 1. The maximum Gasteiger partial charge on any atom is 0.136 e. The van der Waals surface area contributed by atoms with E-state index in [1.54, 1.807) is 18.5 Å². The third kappa shape index (κ3) is 3.17. The smallest absolute Gasteiger partial charge is 0.136 e. The van der Waals surface area contributed by atoms with Crippen molar-refractivity contribution in [1.82, 2.24) is 9.78 Å². The topological polar surface area (TPSA) is 67.3 Å². The van der Waals surface area contributed by atoms with Crippen molar-refractivity contribution in [3.63, 3.8) is 0 Å². The summed E-state index contributed by atoms with van der Waals surface area (Å²) in [5, 5.41) is 14.2. The average molecular weight is 256 g/mol. The van der Waals surface area contributed by atoms with Crippen molar-refractivity contribution < 1.29 is 5.11 Å². The Morgan fingerprint density at radius 2 is 2.12 bits per heavy atom. The lowest BCUT2D eigenvalue weighted by atomic mass is 10.1. The van der Waals surface area contributed by atoms with Gasteiger partial charge in [0.25, 0.3) is 0 Å². The molecule has 0 amide bonds. The second-order valence-corrected chi connectivity index (χ2v) is 5.38. The Kier molecular flexibility index (Phi) is 3.78. The molecule has 0 aliphatic rings. The molecule has 0 radical (unpaired) electrons. The standard InChI is InChI=1S/C11H20N4OS/c1-7-8(9(12)17)10(15(5)13-7)14(4)6-11(2,3)16/h16H,6H2,1-5H3,(H2,12,17). The van der Waals surface area contributed by atoms with Crippen LogP contribution in [0.15, 0.2) is 0 Å². The van der Waals surface area contributed by atoms with Crippen LogP contribution in [0.2, 0.25) is 0 Å². The molecule has 0 unspecified atom stereocenters. The predicted octanol–water partition coefficient (Wildman–Crippen LogP) is 0.570. The van der Waals surface area contributed by atoms with Gasteiger partial charge in [-0.15, -0.1) is 0 Å². The third-order valence-electron chi connectivity index (χ3n) is 2.42. The number of anilines is 1. The predicted molar refractivity (Wildman–Crippen MR) is 73.4 cm³/mol. The molecular weight excluding hydrogens is 236 g/mol. The van der Waals surface area contributed by atoms with Gasteiger partial charge >= 0.3 is 0 Å². The summed E-state index contributed by atoms with van der Waals surface area (Å²) in [4.78, 5) is 2.24. The Bertz CT molecular complexity index is 433. The molecule has 0 spiro atoms. The van der Waals surface area contributed by atoms with Gasteiger partial charge in [-0.25, -0.2) is 0 Å². The molecule has 0 fully saturated rings. The molecule has 0 aliphatic heterocycles. The summed E-state index contributed by atoms with van der Waals surface area (Å²) in [5.41, 5.74) is 6.50. The molecule has 6 heteroatoms. The molecule has 0 aliphatic carbocycles. The monoisotopic (exact) mass is 256 g/mol. The number of rotatable bonds is 4. The first-order valence-electron chi connectivity index (χ1n) is 5.40. The van der Waals surface area contributed by atoms with Gasteiger partial charge in [0.2, 0.25) is 0 Å². The Balaban J connectivity index is 3.17. The number of nitrogens with two attached hydrogens (primary N) is 1. The molecule has 0 saturated carbocycles. The molecule has 1 heterocycles. The van der Waals surface area contributed by atoms with Gasteiger partial charge < -0.3 is 15.7 Å². The van der Waals surface area contributed by atoms with Gasteiger partial charge in [0.1, 0.15) is 10.8 Å². The van der Waals surface area contributed by atoms with Crippen LogP contribution in [-0.4, -0.2) is 39.1 Å². The minimum absolute atomic E-state index is 0.327. The van der Waals surface area contributed by atoms with E-state index >= 15 is 0 Å². The number of thiocarbonyl (C=S) groups is 1. The fourth-order valence-corrected chi connectivity index (χ4v) is 2.27. The van der Waals surface area contributed by atoms with E-state index in [0.717, 1.165) is 17.1 Å². The van der Waals surface area contributed by atoms with Gasteiger partial charge in [-0.1, -0.05) is 12.2 Å². The van der Waals surface area contributed by atoms with Gasteiger partial charge in [0.05, 0.1) is 16.9 Å². The Hall–Kier alpha value is -1.14. The first kappa shape index (κ1) is 13.9. The van der Waals surface area contributed by atoms with Crippen LogP contribution in [0.1, 0.15) is 25.1 Å². The number of aromatic nitrogens is 2. The number of nitrogens with zero attached hydrogens (tertiary/aromatic N) is 3. The minimum atomic E-state index is -0.791. The summed E-state index contributed by atoms with van der Waals surface area (Å²) in [6.07, 6.45) is 0. The zero-order chi connectivity index (χ0) is 13.4. The summed E-state index contributed by atoms with van der Waals surface area (Å²) in [6, 6.07) is 0. The fourth-order valence-electron chi connectivity index (χ4n) is 2.03. The van der Waals surface area contributed by atoms with Gasteiger partial charge in [-0.2, -0.15) is 5.10 Å². The molecule has 1 aromatic rings. The molecule has 0 atom stereocenters. The lowest BCUT2D eigenvalue weighted by molar-refractivity contribution is 0.0883. The van der Waals surface area contributed by atoms with E-state index in [-0.39, 0.29) is 0 Å². The van der Waals surface area contributed by atoms with E-state index in [0.29, 0.717) is 11.5 Å². The summed E-state index contributed by atoms with van der Waals surface area (Å²) in [6.45, 7) is 5.86. The van der Waals surface area contributed by atoms with Gasteiger partial charge in [0.15, 0.2) is 0 Å². The highest BCUT2D eigenvalue weighted by atomic mass is 32.1. The minimum Gasteiger partial charge on any atom is -0.389 e. The fraction of sp³-hybridized carbons (Fsp3) is 0.636. The Morgan fingerprint density at radius 3 is 2.53 bits per heavy atom. The van der Waals surface area contributed by atoms with Gasteiger partial charge in [-0.3, -0.25) is 4.68 Å². The SMILES string of the molecule is Cc1nn(C)c(N(C)CC(C)(C)O)c1C(N)=S. The van der Waals surface area contributed by atoms with Crippen molar-refractivity contribution in [3.8, 4) is 0 Å². The summed E-state index contributed by atoms with van der Waals surface area (Å²) >= 11 is 5.05. The first-order chi connectivity index (χ1) is 7.63. The Labute approximate surface area is 107 Å². The third-order valence-corrected chi connectivity index (χ3v) is 2.63. The molecule has 0 aromatic carbocycles. The normalized spacial score (nSPS) is 11.6. The lowest BCUT2D eigenvalue weighted by Gasteiger charge is -2.27. The molecule has 0 saturated heterocycles. The van der Waals surface area contributed by atoms with Crippen LogP contribution in [0.25, 0.3) is 0 Å². The van der Waals surface area contributed by atoms with Crippen LogP contribution in [-0.2, 0) is 7.05 Å². The van der Waals surface area contributed by atoms with E-state index in [9.17, 15) is 5.11 Å². The summed E-state index contributed by atoms with van der Waals surface area (Å²) in [7, 11) is 3.72. The van der Waals surface area contributed by atoms with E-state index in [2.05, 4.69) is 5.10 Å². The maximum atomic E-state index is 9.84. The van der Waals surface area contributed by atoms with E-state index < -0.39 is 5.60 Å². The van der Waals surface area contributed by atoms with Crippen LogP contribution in [0, 0.1) is 6.92 Å². The van der Waals surface area contributed by atoms with Crippen molar-refractivity contribution in [2.45, 2.75) is 26.4 Å². The molecular formula is C11H20N4OS. The lowest BCUT2D eigenvalue weighted by Crippen LogP contribution is -2.38. The molecule has 1 aromatic heterocycles. The van der Waals surface area contributed by atoms with Crippen molar-refractivity contribution in [3.05, 3.63) is 11.3 Å². The highest BCUT2D eigenvalue weighted by Gasteiger charge is 2.23. The zero-order valence-corrected chi connectivity index (χ0v) is 11.8. The maximum absolute atomic E-state index is 9.84. The summed E-state index contributed by atoms with van der Waals surface area (Å²) in [5.74, 6) is 0.831. The molecule has 0 bridgehead atoms. The highest BCUT2D eigenvalue weighted by Crippen LogP contribution is 2.23. The van der Waals surface area contributed by atoms with Crippen LogP contribution in [0.3, 0.4) is 0 Å². The molecule has 17 heavy (non-hydrogen) atoms. The largest absolute Gasteiger partial charge is 0.389 e. The summed E-state index contributed by atoms with van der Waals surface area (Å²) < 4.78 is 1.73. The first-order valence-corrected chi connectivity index (χ1v) is 5.81. The number of likely N-dealkylation sites (N-methyl/N-ethyl adjacent to an activating group) is 1. The second kappa shape index (κ2) is 4.62. The molecule has 96 valence electrons. The number of hydrogen-bond donors (Lipinski definition) is 2. The van der Waals surface area contributed by atoms with E-state index in [1.165, 1.54) is 0 Å². The molecule has 1 rings (SSSR count). The van der Waals surface area contributed by atoms with Gasteiger partial charge in [0, 0.05) is 20.6 Å². The zero-order valence-electron chi connectivity index (χ0n) is 11.0. The number of hydrogen-bond acceptors (Lipinski definition) is 4. The quantitative estimate of drug-likeness (QED) is 0.771. The van der Waals surface area contributed by atoms with Gasteiger partial charge in [-0.05, 0) is 20.8 Å². The highest BCUT2D eigenvalue weighted by molar-refractivity contribution is 7.80. The van der Waals surface area contributed by atoms with E-state index in [4.69, 9.17) is 18.0 Å². The number of aryl methyl sites for hydroxylation is 2. The van der Waals surface area contributed by atoms with Crippen LogP contribution >= 0.6 is 12.2 Å². The van der Waals surface area contributed by atoms with Crippen LogP contribution in [0.5, 0.6) is 0 Å². The van der Waals surface area contributed by atoms with Crippen LogP contribution < -0.4 is 10.6 Å². The average Bonchev–Trinajstić information content (AvgIpc) is 2.37. The molecule has 5 nitrogen and oxygen atoms in total. The Morgan fingerprint density at radius 1 is 1.59 bits per heavy atom. The second-order valence-electron chi connectivity index (χ2n) is 4.94. The van der Waals surface area contributed by atoms with Crippen molar-refractivity contribution in [1.29, 1.82) is 0 Å². The van der Waals surface area contributed by atoms with E-state index in [1.807, 2.05) is 25.9 Å². The van der Waals surface area contributed by atoms with Crippen molar-refractivity contribution in [2.75, 3.05) is 18.5 Å².